The minimum absolute atomic E-state index is 0.277. The molecule has 0 saturated heterocycles. The highest BCUT2D eigenvalue weighted by molar-refractivity contribution is 9.11. The lowest BCUT2D eigenvalue weighted by Crippen LogP contribution is -2.27. The monoisotopic (exact) mass is 813 g/mol. The zero-order valence-corrected chi connectivity index (χ0v) is 30.0. The number of rotatable bonds is 2. The number of amides is 1. The second-order valence-electron chi connectivity index (χ2n) is 9.69. The Morgan fingerprint density at radius 1 is 0.848 bits per heavy atom. The van der Waals surface area contributed by atoms with Crippen LogP contribution in [0.2, 0.25) is 0 Å². The maximum Gasteiger partial charge on any atom is 0.413 e. The van der Waals surface area contributed by atoms with E-state index in [9.17, 15) is 4.79 Å². The van der Waals surface area contributed by atoms with Gasteiger partial charge in [0.15, 0.2) is 0 Å². The lowest BCUT2D eigenvalue weighted by molar-refractivity contribution is 0.0635. The van der Waals surface area contributed by atoms with E-state index in [1.165, 1.54) is 36.8 Å². The van der Waals surface area contributed by atoms with E-state index in [0.717, 1.165) is 15.7 Å². The molecule has 4 aromatic heterocycles. The highest BCUT2D eigenvalue weighted by Crippen LogP contribution is 2.19. The number of hydrogen-bond donors (Lipinski definition) is 4. The molecule has 0 bridgehead atoms. The maximum atomic E-state index is 11.4. The van der Waals surface area contributed by atoms with Crippen molar-refractivity contribution in [1.82, 2.24) is 19.9 Å². The van der Waals surface area contributed by atoms with Crippen molar-refractivity contribution < 1.29 is 9.53 Å². The van der Waals surface area contributed by atoms with E-state index >= 15 is 0 Å². The Bertz CT molecular complexity index is 1760. The molecule has 16 heteroatoms. The summed E-state index contributed by atoms with van der Waals surface area (Å²) in [6.07, 6.45) is 5.64. The third-order valence-electron chi connectivity index (χ3n) is 4.80. The molecule has 7 N–H and O–H groups in total. The highest BCUT2D eigenvalue weighted by Gasteiger charge is 2.16. The summed E-state index contributed by atoms with van der Waals surface area (Å²) in [6.45, 7) is 7.81. The zero-order valence-electron chi connectivity index (χ0n) is 25.2. The van der Waals surface area contributed by atoms with Crippen molar-refractivity contribution in [3.63, 3.8) is 0 Å². The highest BCUT2D eigenvalue weighted by atomic mass is 79.9. The number of hydrogen-bond acceptors (Lipinski definition) is 12. The molecule has 13 nitrogen and oxygen atoms in total. The minimum Gasteiger partial charge on any atom is -0.444 e. The molecule has 4 aromatic rings. The number of nitriles is 3. The van der Waals surface area contributed by atoms with E-state index in [-0.39, 0.29) is 5.82 Å². The second-order valence-corrected chi connectivity index (χ2v) is 12.3. The number of ether oxygens (including phenoxy) is 1. The van der Waals surface area contributed by atoms with Gasteiger partial charge in [0.05, 0.1) is 31.7 Å². The van der Waals surface area contributed by atoms with Crippen LogP contribution in [0.4, 0.5) is 22.2 Å². The summed E-state index contributed by atoms with van der Waals surface area (Å²) in [7, 11) is 0. The van der Waals surface area contributed by atoms with Crippen molar-refractivity contribution >= 4 is 71.3 Å². The smallest absolute Gasteiger partial charge is 0.413 e. The number of nitrogens with zero attached hydrogens (tertiary/aromatic N) is 7. The molecule has 0 saturated carbocycles. The van der Waals surface area contributed by atoms with Gasteiger partial charge < -0.3 is 21.9 Å². The molecule has 0 radical (unpaired) electrons. The van der Waals surface area contributed by atoms with E-state index in [0.29, 0.717) is 43.8 Å². The fraction of sp³-hybridized carbons (Fsp3) is 0.200. The Kier molecular flexibility index (Phi) is 16.8. The van der Waals surface area contributed by atoms with Crippen molar-refractivity contribution in [3.8, 4) is 18.2 Å². The van der Waals surface area contributed by atoms with Gasteiger partial charge in [0.1, 0.15) is 35.2 Å². The molecule has 0 spiro atoms. The number of anilines is 3. The third kappa shape index (κ3) is 15.4. The predicted octanol–water partition coefficient (Wildman–Crippen LogP) is 6.51. The number of carbonyl (C=O) groups excluding carboxylic acids is 1. The SMILES string of the molecule is CC(C)(C)OC(=O)Nc1cc(C#N)c(Br)cn1.Cc1cc(CN)c(Br)cn1.N#Cc1cc(N)ncc1Br.N#Cc1ccnc(N)c1. The molecule has 4 heterocycles. The van der Waals surface area contributed by atoms with Crippen LogP contribution < -0.4 is 22.5 Å². The number of aryl methyl sites for hydroxylation is 1. The van der Waals surface area contributed by atoms with Gasteiger partial charge in [0.2, 0.25) is 0 Å². The average Bonchev–Trinajstić information content (AvgIpc) is 3.00. The van der Waals surface area contributed by atoms with Gasteiger partial charge in [-0.15, -0.1) is 0 Å². The summed E-state index contributed by atoms with van der Waals surface area (Å²) in [5.41, 5.74) is 19.0. The van der Waals surface area contributed by atoms with Gasteiger partial charge in [0.25, 0.3) is 0 Å². The van der Waals surface area contributed by atoms with E-state index in [1.807, 2.05) is 31.2 Å². The molecular weight excluding hydrogens is 786 g/mol. The minimum atomic E-state index is -0.601. The van der Waals surface area contributed by atoms with Gasteiger partial charge >= 0.3 is 6.09 Å². The fourth-order valence-electron chi connectivity index (χ4n) is 2.82. The predicted molar refractivity (Wildman–Crippen MR) is 186 cm³/mol. The molecule has 0 unspecified atom stereocenters. The molecule has 1 amide bonds. The quantitative estimate of drug-likeness (QED) is 0.169. The number of aromatic nitrogens is 4. The molecule has 0 aliphatic rings. The zero-order chi connectivity index (χ0) is 34.9. The van der Waals surface area contributed by atoms with Gasteiger partial charge in [-0.3, -0.25) is 10.3 Å². The van der Waals surface area contributed by atoms with E-state index in [1.54, 1.807) is 33.0 Å². The van der Waals surface area contributed by atoms with Crippen LogP contribution in [0.1, 0.15) is 48.7 Å². The molecule has 0 aromatic carbocycles. The topological polar surface area (TPSA) is 239 Å². The molecule has 4 rings (SSSR count). The Hall–Kier alpha value is -4.66. The fourth-order valence-corrected chi connectivity index (χ4v) is 3.81. The van der Waals surface area contributed by atoms with Gasteiger partial charge in [0, 0.05) is 41.5 Å². The van der Waals surface area contributed by atoms with Crippen LogP contribution in [0, 0.1) is 40.9 Å². The van der Waals surface area contributed by atoms with Crippen LogP contribution in [0.3, 0.4) is 0 Å². The van der Waals surface area contributed by atoms with Crippen molar-refractivity contribution in [2.45, 2.75) is 39.8 Å². The second kappa shape index (κ2) is 19.7. The number of nitrogens with one attached hydrogen (secondary N) is 1. The molecule has 0 aliphatic heterocycles. The van der Waals surface area contributed by atoms with Crippen LogP contribution in [-0.4, -0.2) is 31.6 Å². The molecular formula is C30H30Br3N11O2. The number of nitrogens with two attached hydrogens (primary N) is 3. The summed E-state index contributed by atoms with van der Waals surface area (Å²) in [5, 5.41) is 28.1. The van der Waals surface area contributed by atoms with Crippen molar-refractivity contribution in [3.05, 3.63) is 96.5 Å². The van der Waals surface area contributed by atoms with Crippen LogP contribution in [0.25, 0.3) is 0 Å². The normalized spacial score (nSPS) is 9.59. The lowest BCUT2D eigenvalue weighted by atomic mass is 10.2. The molecule has 46 heavy (non-hydrogen) atoms. The Morgan fingerprint density at radius 3 is 1.89 bits per heavy atom. The van der Waals surface area contributed by atoms with Crippen LogP contribution in [-0.2, 0) is 11.3 Å². The molecule has 0 fully saturated rings. The Balaban J connectivity index is 0.000000319. The summed E-state index contributed by atoms with van der Waals surface area (Å²) < 4.78 is 7.30. The Labute approximate surface area is 292 Å². The standard InChI is InChI=1S/C11H12BrN3O2.C7H9BrN2.C6H4BrN3.C6H5N3/c1-11(2,3)17-10(16)15-9-4-7(5-13)8(12)6-14-9;1-5-2-6(3-9)7(8)4-10-5;7-5-3-10-6(9)1-4(5)2-8;7-4-5-1-2-9-6(8)3-5/h4,6H,1-3H3,(H,14,15,16);2,4H,3,9H2,1H3;1,3H,(H2,9,10);1-3H,(H2,8,9). The summed E-state index contributed by atoms with van der Waals surface area (Å²) in [4.78, 5) is 27.0. The molecule has 0 aliphatic carbocycles. The number of pyridine rings is 4. The third-order valence-corrected chi connectivity index (χ3v) is 6.78. The number of nitrogen functional groups attached to an aromatic ring is 2. The first kappa shape index (κ1) is 39.4. The maximum absolute atomic E-state index is 11.4. The van der Waals surface area contributed by atoms with E-state index in [4.69, 9.17) is 37.7 Å². The lowest BCUT2D eigenvalue weighted by Gasteiger charge is -2.19. The van der Waals surface area contributed by atoms with Crippen molar-refractivity contribution in [1.29, 1.82) is 15.8 Å². The van der Waals surface area contributed by atoms with Crippen LogP contribution in [0.5, 0.6) is 0 Å². The van der Waals surface area contributed by atoms with Gasteiger partial charge in [-0.1, -0.05) is 0 Å². The van der Waals surface area contributed by atoms with Crippen molar-refractivity contribution in [2.24, 2.45) is 5.73 Å². The van der Waals surface area contributed by atoms with Crippen molar-refractivity contribution in [2.75, 3.05) is 16.8 Å². The van der Waals surface area contributed by atoms with Gasteiger partial charge in [-0.05, 0) is 111 Å². The van der Waals surface area contributed by atoms with E-state index < -0.39 is 11.7 Å². The average molecular weight is 816 g/mol. The largest absolute Gasteiger partial charge is 0.444 e. The van der Waals surface area contributed by atoms with E-state index in [2.05, 4.69) is 73.0 Å². The molecule has 0 atom stereocenters. The number of halogens is 3. The van der Waals surface area contributed by atoms with Gasteiger partial charge in [-0.25, -0.2) is 19.7 Å². The van der Waals surface area contributed by atoms with Crippen LogP contribution >= 0.6 is 47.8 Å². The van der Waals surface area contributed by atoms with Gasteiger partial charge in [-0.2, -0.15) is 15.8 Å². The first-order valence-electron chi connectivity index (χ1n) is 12.9. The summed E-state index contributed by atoms with van der Waals surface area (Å²) >= 11 is 9.67. The first-order valence-corrected chi connectivity index (χ1v) is 15.3. The number of carbonyl (C=O) groups is 1. The summed E-state index contributed by atoms with van der Waals surface area (Å²) in [5.74, 6) is 1.02. The molecule has 238 valence electrons. The summed E-state index contributed by atoms with van der Waals surface area (Å²) in [6, 6.07) is 14.0. The Morgan fingerprint density at radius 2 is 1.41 bits per heavy atom. The van der Waals surface area contributed by atoms with Crippen LogP contribution in [0.15, 0.2) is 68.5 Å². The first-order chi connectivity index (χ1) is 21.6.